The molecule has 0 saturated carbocycles. The van der Waals surface area contributed by atoms with Crippen LogP contribution >= 0.6 is 11.6 Å². The summed E-state index contributed by atoms with van der Waals surface area (Å²) in [6, 6.07) is 5.54. The van der Waals surface area contributed by atoms with E-state index in [9.17, 15) is 9.59 Å². The van der Waals surface area contributed by atoms with E-state index in [0.717, 1.165) is 11.4 Å². The Kier molecular flexibility index (Phi) is 5.99. The van der Waals surface area contributed by atoms with Gasteiger partial charge in [0.1, 0.15) is 0 Å². The quantitative estimate of drug-likeness (QED) is 0.889. The largest absolute Gasteiger partial charge is 0.365 e. The van der Waals surface area contributed by atoms with Crippen LogP contribution in [0.1, 0.15) is 34.6 Å². The van der Waals surface area contributed by atoms with E-state index in [4.69, 9.17) is 11.6 Å². The average molecular weight is 366 g/mol. The summed E-state index contributed by atoms with van der Waals surface area (Å²) in [5.74, 6) is 0.137. The molecule has 1 aliphatic heterocycles. The molecule has 1 N–H and O–H groups in total. The van der Waals surface area contributed by atoms with Gasteiger partial charge in [0.15, 0.2) is 0 Å². The van der Waals surface area contributed by atoms with Crippen LogP contribution in [0.2, 0.25) is 5.02 Å². The van der Waals surface area contributed by atoms with Crippen molar-refractivity contribution in [2.45, 2.75) is 34.6 Å². The summed E-state index contributed by atoms with van der Waals surface area (Å²) in [6.45, 7) is 12.2. The molecule has 1 heterocycles. The van der Waals surface area contributed by atoms with Crippen molar-refractivity contribution in [3.63, 3.8) is 0 Å². The number of hydrogen-bond acceptors (Lipinski definition) is 3. The summed E-state index contributed by atoms with van der Waals surface area (Å²) < 4.78 is 0. The number of amides is 2. The number of carbonyl (C=O) groups excluding carboxylic acids is 2. The molecule has 25 heavy (non-hydrogen) atoms. The molecule has 0 aromatic heterocycles. The van der Waals surface area contributed by atoms with E-state index in [1.54, 1.807) is 0 Å². The highest BCUT2D eigenvalue weighted by Gasteiger charge is 2.27. The first-order valence-electron chi connectivity index (χ1n) is 8.75. The van der Waals surface area contributed by atoms with Crippen LogP contribution in [-0.2, 0) is 9.59 Å². The molecule has 0 unspecified atom stereocenters. The lowest BCUT2D eigenvalue weighted by Gasteiger charge is -2.38. The molecule has 0 radical (unpaired) electrons. The van der Waals surface area contributed by atoms with E-state index in [2.05, 4.69) is 10.2 Å². The van der Waals surface area contributed by atoms with Gasteiger partial charge in [0.25, 0.3) is 0 Å². The predicted molar refractivity (Wildman–Crippen MR) is 103 cm³/mol. The molecule has 5 nitrogen and oxygen atoms in total. The number of benzene rings is 1. The number of nitrogens with zero attached hydrogens (tertiary/aromatic N) is 2. The standard InChI is InChI=1S/C19H28ClN3O2/c1-13(2)17(24)23-11-9-22(10-12-23)16-14(20)7-6-8-15(16)21-18(25)19(3,4)5/h6-8,13H,9-12H2,1-5H3,(H,21,25). The van der Waals surface area contributed by atoms with Gasteiger partial charge in [-0.1, -0.05) is 52.3 Å². The first kappa shape index (κ1) is 19.6. The van der Waals surface area contributed by atoms with E-state index >= 15 is 0 Å². The molecule has 0 spiro atoms. The molecule has 6 heteroatoms. The highest BCUT2D eigenvalue weighted by Crippen LogP contribution is 2.35. The maximum absolute atomic E-state index is 12.4. The van der Waals surface area contributed by atoms with Crippen LogP contribution in [0.15, 0.2) is 18.2 Å². The number of hydrogen-bond donors (Lipinski definition) is 1. The van der Waals surface area contributed by atoms with Crippen molar-refractivity contribution in [1.29, 1.82) is 0 Å². The number of halogens is 1. The Bertz CT molecular complexity index is 645. The van der Waals surface area contributed by atoms with Gasteiger partial charge in [0.05, 0.1) is 16.4 Å². The Labute approximate surface area is 155 Å². The third-order valence-electron chi connectivity index (χ3n) is 4.32. The summed E-state index contributed by atoms with van der Waals surface area (Å²) in [5, 5.41) is 3.60. The minimum Gasteiger partial charge on any atom is -0.365 e. The third kappa shape index (κ3) is 4.66. The minimum absolute atomic E-state index is 0.00787. The van der Waals surface area contributed by atoms with Gasteiger partial charge in [-0.25, -0.2) is 0 Å². The zero-order valence-corrected chi connectivity index (χ0v) is 16.5. The monoisotopic (exact) mass is 365 g/mol. The SMILES string of the molecule is CC(C)C(=O)N1CCN(c2c(Cl)cccc2NC(=O)C(C)(C)C)CC1. The van der Waals surface area contributed by atoms with Crippen LogP contribution in [0, 0.1) is 11.3 Å². The fraction of sp³-hybridized carbons (Fsp3) is 0.579. The van der Waals surface area contributed by atoms with Gasteiger partial charge in [-0.05, 0) is 12.1 Å². The van der Waals surface area contributed by atoms with Crippen LogP contribution in [-0.4, -0.2) is 42.9 Å². The van der Waals surface area contributed by atoms with Gasteiger partial charge < -0.3 is 15.1 Å². The Hall–Kier alpha value is -1.75. The maximum atomic E-state index is 12.4. The van der Waals surface area contributed by atoms with Gasteiger partial charge in [0, 0.05) is 37.5 Å². The Morgan fingerprint density at radius 3 is 2.24 bits per heavy atom. The summed E-state index contributed by atoms with van der Waals surface area (Å²) in [4.78, 5) is 28.6. The van der Waals surface area contributed by atoms with Crippen LogP contribution in [0.25, 0.3) is 0 Å². The van der Waals surface area contributed by atoms with Crippen LogP contribution in [0.3, 0.4) is 0 Å². The van der Waals surface area contributed by atoms with Crippen LogP contribution < -0.4 is 10.2 Å². The van der Waals surface area contributed by atoms with Crippen molar-refractivity contribution < 1.29 is 9.59 Å². The third-order valence-corrected chi connectivity index (χ3v) is 4.62. The lowest BCUT2D eigenvalue weighted by atomic mass is 9.95. The fourth-order valence-electron chi connectivity index (χ4n) is 2.76. The first-order chi connectivity index (χ1) is 11.6. The minimum atomic E-state index is -0.484. The molecule has 0 atom stereocenters. The normalized spacial score (nSPS) is 15.5. The molecule has 138 valence electrons. The average Bonchev–Trinajstić information content (AvgIpc) is 2.53. The lowest BCUT2D eigenvalue weighted by Crippen LogP contribution is -2.50. The lowest BCUT2D eigenvalue weighted by molar-refractivity contribution is -0.134. The van der Waals surface area contributed by atoms with Gasteiger partial charge in [-0.2, -0.15) is 0 Å². The topological polar surface area (TPSA) is 52.7 Å². The summed E-state index contributed by atoms with van der Waals surface area (Å²) in [6.07, 6.45) is 0. The molecular formula is C19H28ClN3O2. The molecule has 0 bridgehead atoms. The molecule has 2 amide bonds. The van der Waals surface area contributed by atoms with Gasteiger partial charge >= 0.3 is 0 Å². The van der Waals surface area contributed by atoms with Crippen molar-refractivity contribution >= 4 is 34.8 Å². The number of nitrogens with one attached hydrogen (secondary N) is 1. The molecule has 2 rings (SSSR count). The van der Waals surface area contributed by atoms with E-state index in [1.165, 1.54) is 0 Å². The van der Waals surface area contributed by atoms with Crippen molar-refractivity contribution in [2.75, 3.05) is 36.4 Å². The second-order valence-electron chi connectivity index (χ2n) is 7.81. The van der Waals surface area contributed by atoms with Gasteiger partial charge in [0.2, 0.25) is 11.8 Å². The highest BCUT2D eigenvalue weighted by atomic mass is 35.5. The number of rotatable bonds is 3. The Morgan fingerprint density at radius 1 is 1.12 bits per heavy atom. The first-order valence-corrected chi connectivity index (χ1v) is 9.12. The Morgan fingerprint density at radius 2 is 1.72 bits per heavy atom. The van der Waals surface area contributed by atoms with Crippen molar-refractivity contribution in [1.82, 2.24) is 4.90 Å². The molecule has 1 aliphatic rings. The van der Waals surface area contributed by atoms with Gasteiger partial charge in [-0.3, -0.25) is 9.59 Å². The highest BCUT2D eigenvalue weighted by molar-refractivity contribution is 6.34. The van der Waals surface area contributed by atoms with Crippen molar-refractivity contribution in [2.24, 2.45) is 11.3 Å². The Balaban J connectivity index is 2.17. The summed E-state index contributed by atoms with van der Waals surface area (Å²) in [5.41, 5.74) is 1.07. The summed E-state index contributed by atoms with van der Waals surface area (Å²) >= 11 is 6.44. The number of carbonyl (C=O) groups is 2. The summed E-state index contributed by atoms with van der Waals surface area (Å²) in [7, 11) is 0. The van der Waals surface area contributed by atoms with Gasteiger partial charge in [-0.15, -0.1) is 0 Å². The van der Waals surface area contributed by atoms with E-state index in [1.807, 2.05) is 57.7 Å². The van der Waals surface area contributed by atoms with E-state index < -0.39 is 5.41 Å². The number of piperazine rings is 1. The predicted octanol–water partition coefficient (Wildman–Crippen LogP) is 3.63. The molecule has 1 saturated heterocycles. The molecule has 1 aromatic rings. The maximum Gasteiger partial charge on any atom is 0.229 e. The second kappa shape index (κ2) is 7.65. The van der Waals surface area contributed by atoms with Crippen molar-refractivity contribution in [3.8, 4) is 0 Å². The van der Waals surface area contributed by atoms with E-state index in [0.29, 0.717) is 31.2 Å². The van der Waals surface area contributed by atoms with Crippen LogP contribution in [0.4, 0.5) is 11.4 Å². The molecular weight excluding hydrogens is 338 g/mol. The molecule has 1 fully saturated rings. The second-order valence-corrected chi connectivity index (χ2v) is 8.21. The zero-order valence-electron chi connectivity index (χ0n) is 15.7. The van der Waals surface area contributed by atoms with Crippen LogP contribution in [0.5, 0.6) is 0 Å². The molecule has 1 aromatic carbocycles. The fourth-order valence-corrected chi connectivity index (χ4v) is 3.06. The number of anilines is 2. The smallest absolute Gasteiger partial charge is 0.229 e. The number of para-hydroxylation sites is 1. The van der Waals surface area contributed by atoms with Crippen molar-refractivity contribution in [3.05, 3.63) is 23.2 Å². The van der Waals surface area contributed by atoms with E-state index in [-0.39, 0.29) is 17.7 Å². The molecule has 0 aliphatic carbocycles. The zero-order chi connectivity index (χ0) is 18.8.